The van der Waals surface area contributed by atoms with Crippen LogP contribution in [0.15, 0.2) is 146 Å². The Kier molecular flexibility index (Phi) is 16.0. The summed E-state index contributed by atoms with van der Waals surface area (Å²) in [7, 11) is 0. The van der Waals surface area contributed by atoms with Gasteiger partial charge in [-0.15, -0.1) is 12.4 Å². The van der Waals surface area contributed by atoms with Gasteiger partial charge in [0.15, 0.2) is 11.6 Å². The Bertz CT molecular complexity index is 2490. The van der Waals surface area contributed by atoms with Gasteiger partial charge >= 0.3 is 0 Å². The minimum atomic E-state index is 0. The molecule has 10 heteroatoms. The maximum atomic E-state index is 5.02. The van der Waals surface area contributed by atoms with Gasteiger partial charge in [-0.2, -0.15) is 4.98 Å². The molecule has 0 spiro atoms. The van der Waals surface area contributed by atoms with Gasteiger partial charge in [-0.3, -0.25) is 5.32 Å². The molecule has 0 saturated heterocycles. The minimum absolute atomic E-state index is 0. The Morgan fingerprint density at radius 1 is 0.403 bits per heavy atom. The monoisotopic (exact) mass is 860 g/mol. The molecule has 0 aliphatic carbocycles. The van der Waals surface area contributed by atoms with Crippen LogP contribution in [0.1, 0.15) is 44.5 Å². The van der Waals surface area contributed by atoms with Crippen molar-refractivity contribution in [3.63, 3.8) is 0 Å². The van der Waals surface area contributed by atoms with Crippen molar-refractivity contribution in [3.8, 4) is 22.5 Å². The summed E-state index contributed by atoms with van der Waals surface area (Å²) >= 11 is 0. The summed E-state index contributed by atoms with van der Waals surface area (Å²) in [4.78, 5) is 19.5. The first-order valence-electron chi connectivity index (χ1n) is 20.3. The quantitative estimate of drug-likeness (QED) is 0.102. The van der Waals surface area contributed by atoms with E-state index in [2.05, 4.69) is 162 Å². The molecule has 2 heterocycles. The molecule has 316 valence electrons. The van der Waals surface area contributed by atoms with Crippen LogP contribution in [0.3, 0.4) is 0 Å². The molecule has 8 nitrogen and oxygen atoms in total. The maximum absolute atomic E-state index is 5.02. The van der Waals surface area contributed by atoms with E-state index < -0.39 is 0 Å². The van der Waals surface area contributed by atoms with Crippen LogP contribution >= 0.6 is 12.4 Å². The number of nitrogens with one attached hydrogen (secondary N) is 3. The van der Waals surface area contributed by atoms with E-state index in [-0.39, 0.29) is 24.8 Å². The van der Waals surface area contributed by atoms with Crippen molar-refractivity contribution in [2.24, 2.45) is 0 Å². The SMILES string of the molecule is Cc1cc(C)cc(Nc2ncc(-c3c(C)cccc3C)nc2Nc2ccccc2)c1.Cc1cc(C)cc(Nc2ncc(-c3c(C)cccc3C)nc2[NH2+]c2ccccc2)c1.Cl.[Cl-]. The molecule has 0 fully saturated rings. The Morgan fingerprint density at radius 2 is 0.806 bits per heavy atom. The number of anilines is 6. The minimum Gasteiger partial charge on any atom is -1.00 e. The lowest BCUT2D eigenvalue weighted by atomic mass is 10.0. The van der Waals surface area contributed by atoms with Crippen LogP contribution in [0.25, 0.3) is 22.5 Å². The predicted molar refractivity (Wildman–Crippen MR) is 257 cm³/mol. The number of hydrogen-bond acceptors (Lipinski definition) is 7. The summed E-state index contributed by atoms with van der Waals surface area (Å²) in [6.45, 7) is 16.8. The highest BCUT2D eigenvalue weighted by Crippen LogP contribution is 2.32. The fraction of sp³-hybridized carbons (Fsp3) is 0.154. The average molecular weight is 862 g/mol. The third-order valence-electron chi connectivity index (χ3n) is 10.2. The predicted octanol–water partition coefficient (Wildman–Crippen LogP) is 9.94. The number of halogens is 2. The topological polar surface area (TPSA) is 104 Å². The molecule has 0 atom stereocenters. The molecule has 62 heavy (non-hydrogen) atoms. The summed E-state index contributed by atoms with van der Waals surface area (Å²) in [5.41, 5.74) is 17.7. The Hall–Kier alpha value is -6.58. The van der Waals surface area contributed by atoms with Crippen molar-refractivity contribution in [1.29, 1.82) is 0 Å². The smallest absolute Gasteiger partial charge is 0.273 e. The summed E-state index contributed by atoms with van der Waals surface area (Å²) < 4.78 is 0. The van der Waals surface area contributed by atoms with Crippen molar-refractivity contribution in [3.05, 3.63) is 190 Å². The van der Waals surface area contributed by atoms with E-state index in [0.717, 1.165) is 56.9 Å². The number of quaternary nitrogens is 1. The summed E-state index contributed by atoms with van der Waals surface area (Å²) in [5.74, 6) is 2.96. The van der Waals surface area contributed by atoms with Crippen LogP contribution in [-0.2, 0) is 0 Å². The van der Waals surface area contributed by atoms with Gasteiger partial charge < -0.3 is 28.4 Å². The lowest BCUT2D eigenvalue weighted by molar-refractivity contribution is -0.482. The third-order valence-corrected chi connectivity index (χ3v) is 10.2. The van der Waals surface area contributed by atoms with E-state index in [9.17, 15) is 0 Å². The number of aromatic nitrogens is 4. The van der Waals surface area contributed by atoms with Crippen LogP contribution in [0, 0.1) is 55.4 Å². The van der Waals surface area contributed by atoms with E-state index in [4.69, 9.17) is 19.9 Å². The molecule has 0 amide bonds. The second-order valence-corrected chi connectivity index (χ2v) is 15.5. The number of hydrogen-bond donors (Lipinski definition) is 4. The maximum Gasteiger partial charge on any atom is 0.273 e. The van der Waals surface area contributed by atoms with E-state index in [1.54, 1.807) is 0 Å². The summed E-state index contributed by atoms with van der Waals surface area (Å²) in [6.07, 6.45) is 3.71. The van der Waals surface area contributed by atoms with E-state index in [0.29, 0.717) is 11.6 Å². The first-order valence-corrected chi connectivity index (χ1v) is 20.3. The molecular formula is C52H54Cl2N8. The molecule has 6 aromatic carbocycles. The van der Waals surface area contributed by atoms with Crippen molar-refractivity contribution < 1.29 is 17.7 Å². The average Bonchev–Trinajstić information content (AvgIpc) is 3.20. The van der Waals surface area contributed by atoms with Crippen LogP contribution < -0.4 is 33.7 Å². The second-order valence-electron chi connectivity index (χ2n) is 15.5. The van der Waals surface area contributed by atoms with Gasteiger partial charge in [0.05, 0.1) is 23.8 Å². The normalized spacial score (nSPS) is 10.4. The number of aryl methyl sites for hydroxylation is 8. The Balaban J connectivity index is 0.000000227. The van der Waals surface area contributed by atoms with Crippen molar-refractivity contribution in [1.82, 2.24) is 19.9 Å². The zero-order chi connectivity index (χ0) is 42.2. The van der Waals surface area contributed by atoms with Gasteiger partial charge in [0, 0.05) is 28.2 Å². The number of rotatable bonds is 10. The largest absolute Gasteiger partial charge is 1.00 e. The first kappa shape index (κ1) is 46.5. The molecule has 0 unspecified atom stereocenters. The zero-order valence-corrected chi connectivity index (χ0v) is 38.1. The summed E-state index contributed by atoms with van der Waals surface area (Å²) in [5, 5.41) is 12.4. The van der Waals surface area contributed by atoms with Crippen LogP contribution in [0.2, 0.25) is 0 Å². The molecule has 5 N–H and O–H groups in total. The van der Waals surface area contributed by atoms with E-state index >= 15 is 0 Å². The molecule has 2 aromatic heterocycles. The van der Waals surface area contributed by atoms with Gasteiger partial charge in [0.25, 0.3) is 5.82 Å². The molecule has 0 saturated carbocycles. The molecule has 0 bridgehead atoms. The van der Waals surface area contributed by atoms with Crippen LogP contribution in [-0.4, -0.2) is 19.9 Å². The molecule has 0 radical (unpaired) electrons. The fourth-order valence-electron chi connectivity index (χ4n) is 7.58. The molecule has 0 aliphatic rings. The van der Waals surface area contributed by atoms with Gasteiger partial charge in [0.1, 0.15) is 5.69 Å². The molecule has 0 aliphatic heterocycles. The lowest BCUT2D eigenvalue weighted by Gasteiger charge is -2.16. The highest BCUT2D eigenvalue weighted by atomic mass is 35.5. The van der Waals surface area contributed by atoms with Crippen LogP contribution in [0.4, 0.5) is 46.0 Å². The van der Waals surface area contributed by atoms with Crippen molar-refractivity contribution in [2.45, 2.75) is 55.4 Å². The van der Waals surface area contributed by atoms with Gasteiger partial charge in [-0.25, -0.2) is 15.0 Å². The number of benzene rings is 6. The lowest BCUT2D eigenvalue weighted by Crippen LogP contribution is -3.00. The fourth-order valence-corrected chi connectivity index (χ4v) is 7.58. The van der Waals surface area contributed by atoms with Crippen molar-refractivity contribution in [2.75, 3.05) is 16.0 Å². The number of nitrogens with two attached hydrogens (primary N) is 1. The molecule has 8 aromatic rings. The summed E-state index contributed by atoms with van der Waals surface area (Å²) in [6, 6.07) is 45.7. The van der Waals surface area contributed by atoms with Crippen LogP contribution in [0.5, 0.6) is 0 Å². The number of nitrogens with zero attached hydrogens (tertiary/aromatic N) is 4. The van der Waals surface area contributed by atoms with E-state index in [1.165, 1.54) is 44.5 Å². The molecular weight excluding hydrogens is 808 g/mol. The third kappa shape index (κ3) is 11.8. The van der Waals surface area contributed by atoms with Gasteiger partial charge in [-0.1, -0.05) is 84.9 Å². The standard InChI is InChI=1S/2C26H26N4.2ClH/c2*1-17-13-18(2)15-22(14-17)29-25-26(28-21-11-6-5-7-12-21)30-23(16-27-25)24-19(3)9-8-10-20(24)4;;/h2*5-16H,1-4H3,(H,27,29)(H,28,30);2*1H. The van der Waals surface area contributed by atoms with Gasteiger partial charge in [-0.05, 0) is 148 Å². The number of para-hydroxylation sites is 2. The van der Waals surface area contributed by atoms with Gasteiger partial charge in [0.2, 0.25) is 5.82 Å². The Morgan fingerprint density at radius 3 is 1.29 bits per heavy atom. The first-order chi connectivity index (χ1) is 29.0. The zero-order valence-electron chi connectivity index (χ0n) is 36.5. The highest BCUT2D eigenvalue weighted by Gasteiger charge is 2.17. The highest BCUT2D eigenvalue weighted by molar-refractivity contribution is 5.85. The Labute approximate surface area is 378 Å². The molecule has 8 rings (SSSR count). The van der Waals surface area contributed by atoms with Crippen molar-refractivity contribution >= 4 is 58.4 Å². The second kappa shape index (κ2) is 21.3. The van der Waals surface area contributed by atoms with E-state index in [1.807, 2.05) is 60.9 Å².